The molecule has 6 heteroatoms. The Kier molecular flexibility index (Phi) is 4.62. The molecule has 0 saturated heterocycles. The lowest BCUT2D eigenvalue weighted by molar-refractivity contribution is 0.174. The number of hydrogen-bond donors (Lipinski definition) is 3. The van der Waals surface area contributed by atoms with Crippen molar-refractivity contribution < 1.29 is 9.50 Å². The number of aromatic amines is 1. The van der Waals surface area contributed by atoms with Crippen LogP contribution in [-0.2, 0) is 6.54 Å². The molecule has 3 N–H and O–H groups in total. The number of aromatic nitrogens is 2. The molecule has 0 spiro atoms. The zero-order valence-corrected chi connectivity index (χ0v) is 12.6. The summed E-state index contributed by atoms with van der Waals surface area (Å²) in [6.07, 6.45) is 1.12. The van der Waals surface area contributed by atoms with Gasteiger partial charge >= 0.3 is 0 Å². The summed E-state index contributed by atoms with van der Waals surface area (Å²) >= 11 is 1.65. The van der Waals surface area contributed by atoms with Crippen LogP contribution in [0.15, 0.2) is 48.0 Å². The van der Waals surface area contributed by atoms with Gasteiger partial charge in [0.25, 0.3) is 0 Å². The van der Waals surface area contributed by atoms with Crippen molar-refractivity contribution in [1.82, 2.24) is 15.5 Å². The molecule has 0 amide bonds. The maximum atomic E-state index is 12.9. The Morgan fingerprint density at radius 2 is 2.09 bits per heavy atom. The minimum atomic E-state index is -0.669. The van der Waals surface area contributed by atoms with Gasteiger partial charge in [-0.15, -0.1) is 11.3 Å². The Morgan fingerprint density at radius 3 is 2.82 bits per heavy atom. The number of aliphatic hydroxyl groups is 1. The second-order valence-electron chi connectivity index (χ2n) is 4.95. The summed E-state index contributed by atoms with van der Waals surface area (Å²) in [5, 5.41) is 22.4. The molecule has 114 valence electrons. The standard InChI is InChI=1S/C16H16FN3OS/c17-13-5-3-11(4-6-13)14(21)10-18-8-12-9-19-20-16(12)15-2-1-7-22-15/h1-7,9,14,18,21H,8,10H2,(H,19,20)/t14-/m0/s1. The zero-order valence-electron chi connectivity index (χ0n) is 11.8. The van der Waals surface area contributed by atoms with Crippen molar-refractivity contribution in [3.05, 3.63) is 64.9 Å². The predicted molar refractivity (Wildman–Crippen MR) is 85.0 cm³/mol. The minimum absolute atomic E-state index is 0.303. The quantitative estimate of drug-likeness (QED) is 0.655. The third-order valence-electron chi connectivity index (χ3n) is 3.39. The van der Waals surface area contributed by atoms with E-state index in [0.717, 1.165) is 16.1 Å². The van der Waals surface area contributed by atoms with Crippen molar-refractivity contribution >= 4 is 11.3 Å². The average molecular weight is 317 g/mol. The van der Waals surface area contributed by atoms with Gasteiger partial charge in [0.05, 0.1) is 22.9 Å². The van der Waals surface area contributed by atoms with Gasteiger partial charge in [-0.2, -0.15) is 5.10 Å². The van der Waals surface area contributed by atoms with E-state index in [1.165, 1.54) is 12.1 Å². The highest BCUT2D eigenvalue weighted by Gasteiger charge is 2.10. The lowest BCUT2D eigenvalue weighted by Crippen LogP contribution is -2.21. The molecule has 4 nitrogen and oxygen atoms in total. The molecule has 2 aromatic heterocycles. The van der Waals surface area contributed by atoms with E-state index in [-0.39, 0.29) is 5.82 Å². The summed E-state index contributed by atoms with van der Waals surface area (Å²) in [6, 6.07) is 9.92. The number of thiophene rings is 1. The third-order valence-corrected chi connectivity index (χ3v) is 4.28. The van der Waals surface area contributed by atoms with Crippen LogP contribution in [0.5, 0.6) is 0 Å². The molecule has 0 radical (unpaired) electrons. The third kappa shape index (κ3) is 3.41. The first-order chi connectivity index (χ1) is 10.7. The highest BCUT2D eigenvalue weighted by molar-refractivity contribution is 7.13. The van der Waals surface area contributed by atoms with Crippen LogP contribution in [-0.4, -0.2) is 21.8 Å². The van der Waals surface area contributed by atoms with Gasteiger partial charge in [-0.25, -0.2) is 4.39 Å². The van der Waals surface area contributed by atoms with Crippen molar-refractivity contribution in [2.75, 3.05) is 6.54 Å². The molecule has 1 aromatic carbocycles. The van der Waals surface area contributed by atoms with Crippen molar-refractivity contribution in [3.8, 4) is 10.6 Å². The van der Waals surface area contributed by atoms with Crippen molar-refractivity contribution in [2.24, 2.45) is 0 Å². The van der Waals surface area contributed by atoms with Crippen molar-refractivity contribution in [2.45, 2.75) is 12.6 Å². The number of rotatable bonds is 6. The number of nitrogens with zero attached hydrogens (tertiary/aromatic N) is 1. The zero-order chi connectivity index (χ0) is 15.4. The Hall–Kier alpha value is -2.02. The SMILES string of the molecule is O[C@@H](CNCc1cn[nH]c1-c1cccs1)c1ccc(F)cc1. The highest BCUT2D eigenvalue weighted by Crippen LogP contribution is 2.25. The number of hydrogen-bond acceptors (Lipinski definition) is 4. The monoisotopic (exact) mass is 317 g/mol. The van der Waals surface area contributed by atoms with E-state index >= 15 is 0 Å². The van der Waals surface area contributed by atoms with Crippen molar-refractivity contribution in [1.29, 1.82) is 0 Å². The van der Waals surface area contributed by atoms with Gasteiger partial charge in [0.15, 0.2) is 0 Å². The predicted octanol–water partition coefficient (Wildman–Crippen LogP) is 3.10. The Labute approximate surface area is 131 Å². The Morgan fingerprint density at radius 1 is 1.27 bits per heavy atom. The lowest BCUT2D eigenvalue weighted by Gasteiger charge is -2.12. The topological polar surface area (TPSA) is 60.9 Å². The highest BCUT2D eigenvalue weighted by atomic mass is 32.1. The molecule has 22 heavy (non-hydrogen) atoms. The molecule has 2 heterocycles. The molecule has 0 saturated carbocycles. The summed E-state index contributed by atoms with van der Waals surface area (Å²) in [6.45, 7) is 0.989. The van der Waals surface area contributed by atoms with E-state index < -0.39 is 6.10 Å². The number of halogens is 1. The summed E-state index contributed by atoms with van der Waals surface area (Å²) in [7, 11) is 0. The molecular weight excluding hydrogens is 301 g/mol. The van der Waals surface area contributed by atoms with Crippen LogP contribution in [0, 0.1) is 5.82 Å². The van der Waals surface area contributed by atoms with Crippen LogP contribution in [0.25, 0.3) is 10.6 Å². The van der Waals surface area contributed by atoms with Crippen LogP contribution in [0.1, 0.15) is 17.2 Å². The fraction of sp³-hybridized carbons (Fsp3) is 0.188. The maximum Gasteiger partial charge on any atom is 0.123 e. The van der Waals surface area contributed by atoms with Crippen LogP contribution >= 0.6 is 11.3 Å². The van der Waals surface area contributed by atoms with Crippen LogP contribution in [0.4, 0.5) is 4.39 Å². The number of nitrogens with one attached hydrogen (secondary N) is 2. The number of benzene rings is 1. The van der Waals surface area contributed by atoms with Crippen LogP contribution < -0.4 is 5.32 Å². The van der Waals surface area contributed by atoms with Gasteiger partial charge in [-0.3, -0.25) is 5.10 Å². The summed E-state index contributed by atoms with van der Waals surface area (Å²) < 4.78 is 12.9. The molecule has 0 aliphatic carbocycles. The number of aliphatic hydroxyl groups excluding tert-OH is 1. The Balaban J connectivity index is 1.57. The second-order valence-corrected chi connectivity index (χ2v) is 5.89. The van der Waals surface area contributed by atoms with Crippen molar-refractivity contribution in [3.63, 3.8) is 0 Å². The van der Waals surface area contributed by atoms with Crippen LogP contribution in [0.2, 0.25) is 0 Å². The average Bonchev–Trinajstić information content (AvgIpc) is 3.18. The lowest BCUT2D eigenvalue weighted by atomic mass is 10.1. The van der Waals surface area contributed by atoms with Gasteiger partial charge in [0, 0.05) is 18.7 Å². The molecule has 0 unspecified atom stereocenters. The van der Waals surface area contributed by atoms with Gasteiger partial charge in [-0.05, 0) is 29.1 Å². The first-order valence-electron chi connectivity index (χ1n) is 6.94. The first kappa shape index (κ1) is 14.9. The summed E-state index contributed by atoms with van der Waals surface area (Å²) in [5.74, 6) is -0.303. The van der Waals surface area contributed by atoms with E-state index in [2.05, 4.69) is 15.5 Å². The fourth-order valence-corrected chi connectivity index (χ4v) is 2.98. The van der Waals surface area contributed by atoms with E-state index in [9.17, 15) is 9.50 Å². The molecule has 1 atom stereocenters. The molecular formula is C16H16FN3OS. The van der Waals surface area contributed by atoms with Gasteiger partial charge < -0.3 is 10.4 Å². The van der Waals surface area contributed by atoms with Crippen LogP contribution in [0.3, 0.4) is 0 Å². The normalized spacial score (nSPS) is 12.5. The molecule has 3 aromatic rings. The molecule has 0 bridgehead atoms. The molecule has 0 aliphatic heterocycles. The molecule has 0 fully saturated rings. The van der Waals surface area contributed by atoms with E-state index in [4.69, 9.17) is 0 Å². The van der Waals surface area contributed by atoms with E-state index in [0.29, 0.717) is 18.7 Å². The summed E-state index contributed by atoms with van der Waals surface area (Å²) in [4.78, 5) is 1.13. The number of H-pyrrole nitrogens is 1. The fourth-order valence-electron chi connectivity index (χ4n) is 2.23. The Bertz CT molecular complexity index is 709. The summed E-state index contributed by atoms with van der Waals surface area (Å²) in [5.41, 5.74) is 2.74. The van der Waals surface area contributed by atoms with E-state index in [1.807, 2.05) is 17.5 Å². The minimum Gasteiger partial charge on any atom is -0.387 e. The molecule has 3 rings (SSSR count). The van der Waals surface area contributed by atoms with Gasteiger partial charge in [-0.1, -0.05) is 18.2 Å². The van der Waals surface area contributed by atoms with Gasteiger partial charge in [0.1, 0.15) is 5.82 Å². The maximum absolute atomic E-state index is 12.9. The van der Waals surface area contributed by atoms with E-state index in [1.54, 1.807) is 29.7 Å². The van der Waals surface area contributed by atoms with Gasteiger partial charge in [0.2, 0.25) is 0 Å². The largest absolute Gasteiger partial charge is 0.387 e. The second kappa shape index (κ2) is 6.83. The first-order valence-corrected chi connectivity index (χ1v) is 7.82. The molecule has 0 aliphatic rings. The smallest absolute Gasteiger partial charge is 0.123 e.